The average Bonchev–Trinajstić information content (AvgIpc) is 2.53. The van der Waals surface area contributed by atoms with Gasteiger partial charge in [-0.3, -0.25) is 10.5 Å². The maximum atomic E-state index is 11.0. The molecule has 0 saturated carbocycles. The summed E-state index contributed by atoms with van der Waals surface area (Å²) in [5.74, 6) is -1.39. The van der Waals surface area contributed by atoms with Crippen LogP contribution in [0.1, 0.15) is 6.92 Å². The van der Waals surface area contributed by atoms with E-state index in [0.29, 0.717) is 6.61 Å². The molecule has 1 aliphatic heterocycles. The monoisotopic (exact) mass is 236 g/mol. The zero-order chi connectivity index (χ0) is 10.6. The van der Waals surface area contributed by atoms with Crippen molar-refractivity contribution in [1.29, 1.82) is 0 Å². The lowest BCUT2D eigenvalue weighted by atomic mass is 10.2. The van der Waals surface area contributed by atoms with Crippen LogP contribution in [0, 0.1) is 0 Å². The van der Waals surface area contributed by atoms with Crippen LogP contribution in [0.15, 0.2) is 10.1 Å². The second-order valence-corrected chi connectivity index (χ2v) is 3.35. The molecule has 0 bridgehead atoms. The van der Waals surface area contributed by atoms with Gasteiger partial charge in [-0.25, -0.2) is 9.71 Å². The lowest BCUT2D eigenvalue weighted by Gasteiger charge is -2.18. The first-order valence-corrected chi connectivity index (χ1v) is 5.01. The molecule has 3 N–H and O–H groups in total. The van der Waals surface area contributed by atoms with Gasteiger partial charge in [-0.15, -0.1) is 0 Å². The largest absolute Gasteiger partial charge is 0.396 e. The molecule has 14 heavy (non-hydrogen) atoms. The van der Waals surface area contributed by atoms with Crippen molar-refractivity contribution in [2.45, 2.75) is 12.7 Å². The zero-order valence-electron chi connectivity index (χ0n) is 7.36. The molecule has 1 unspecified atom stereocenters. The Morgan fingerprint density at radius 2 is 2.64 bits per heavy atom. The number of oxime groups is 1. The summed E-state index contributed by atoms with van der Waals surface area (Å²) in [4.78, 5) is 19.5. The molecule has 0 aromatic heterocycles. The molecule has 0 spiro atoms. The van der Waals surface area contributed by atoms with E-state index in [9.17, 15) is 4.79 Å². The van der Waals surface area contributed by atoms with Crippen LogP contribution >= 0.6 is 23.5 Å². The molecule has 0 amide bonds. The Bertz CT molecular complexity index is 296. The SMILES string of the molecule is CCON=C(C(=O)Cl)C1(N)N=CSN1. The van der Waals surface area contributed by atoms with Crippen LogP contribution in [-0.2, 0) is 9.63 Å². The Labute approximate surface area is 90.0 Å². The average molecular weight is 237 g/mol. The Balaban J connectivity index is 2.87. The highest BCUT2D eigenvalue weighted by Gasteiger charge is 2.38. The van der Waals surface area contributed by atoms with E-state index in [1.165, 1.54) is 5.55 Å². The van der Waals surface area contributed by atoms with Gasteiger partial charge in [-0.1, -0.05) is 5.16 Å². The normalized spacial score (nSPS) is 26.6. The number of hydrogen-bond acceptors (Lipinski definition) is 7. The van der Waals surface area contributed by atoms with Gasteiger partial charge in [0.2, 0.25) is 5.79 Å². The van der Waals surface area contributed by atoms with Crippen LogP contribution < -0.4 is 10.5 Å². The fourth-order valence-electron chi connectivity index (χ4n) is 0.746. The first-order chi connectivity index (χ1) is 6.60. The van der Waals surface area contributed by atoms with Crippen molar-refractivity contribution in [1.82, 2.24) is 4.72 Å². The Hall–Kier alpha value is -0.630. The van der Waals surface area contributed by atoms with Gasteiger partial charge in [-0.05, 0) is 30.5 Å². The van der Waals surface area contributed by atoms with Crippen molar-refractivity contribution >= 4 is 40.0 Å². The first-order valence-electron chi connectivity index (χ1n) is 3.76. The molecule has 6 nitrogen and oxygen atoms in total. The molecule has 78 valence electrons. The van der Waals surface area contributed by atoms with E-state index in [4.69, 9.17) is 22.2 Å². The van der Waals surface area contributed by atoms with E-state index in [-0.39, 0.29) is 5.71 Å². The quantitative estimate of drug-likeness (QED) is 0.311. The number of hydrogen-bond donors (Lipinski definition) is 2. The molecule has 1 rings (SSSR count). The van der Waals surface area contributed by atoms with E-state index >= 15 is 0 Å². The summed E-state index contributed by atoms with van der Waals surface area (Å²) in [6, 6.07) is 0. The molecule has 1 atom stereocenters. The van der Waals surface area contributed by atoms with E-state index in [2.05, 4.69) is 14.9 Å². The van der Waals surface area contributed by atoms with E-state index < -0.39 is 11.0 Å². The fourth-order valence-corrected chi connectivity index (χ4v) is 1.53. The van der Waals surface area contributed by atoms with Gasteiger partial charge < -0.3 is 4.84 Å². The summed E-state index contributed by atoms with van der Waals surface area (Å²) in [7, 11) is 0. The van der Waals surface area contributed by atoms with Gasteiger partial charge in [0.25, 0.3) is 5.24 Å². The predicted molar refractivity (Wildman–Crippen MR) is 56.1 cm³/mol. The molecule has 0 aliphatic carbocycles. The topological polar surface area (TPSA) is 89.1 Å². The Morgan fingerprint density at radius 3 is 3.07 bits per heavy atom. The lowest BCUT2D eigenvalue weighted by molar-refractivity contribution is -0.106. The lowest BCUT2D eigenvalue weighted by Crippen LogP contribution is -2.55. The van der Waals surface area contributed by atoms with Gasteiger partial charge in [-0.2, -0.15) is 0 Å². The maximum Gasteiger partial charge on any atom is 0.275 e. The van der Waals surface area contributed by atoms with Crippen molar-refractivity contribution in [2.24, 2.45) is 15.9 Å². The number of nitrogens with one attached hydrogen (secondary N) is 1. The summed E-state index contributed by atoms with van der Waals surface area (Å²) in [5, 5.41) is 2.72. The second kappa shape index (κ2) is 4.74. The summed E-state index contributed by atoms with van der Waals surface area (Å²) in [6.45, 7) is 2.05. The van der Waals surface area contributed by atoms with E-state index in [0.717, 1.165) is 11.9 Å². The molecule has 8 heteroatoms. The first kappa shape index (κ1) is 11.4. The highest BCUT2D eigenvalue weighted by atomic mass is 35.5. The summed E-state index contributed by atoms with van der Waals surface area (Å²) in [5.41, 5.74) is 6.99. The highest BCUT2D eigenvalue weighted by molar-refractivity contribution is 8.10. The molecule has 0 radical (unpaired) electrons. The van der Waals surface area contributed by atoms with Crippen molar-refractivity contribution in [3.8, 4) is 0 Å². The highest BCUT2D eigenvalue weighted by Crippen LogP contribution is 2.15. The van der Waals surface area contributed by atoms with Crippen LogP contribution in [0.4, 0.5) is 0 Å². The minimum atomic E-state index is -1.39. The third-order valence-corrected chi connectivity index (χ3v) is 2.17. The van der Waals surface area contributed by atoms with Crippen LogP contribution in [0.2, 0.25) is 0 Å². The Kier molecular flexibility index (Phi) is 3.87. The molecular weight excluding hydrogens is 228 g/mol. The summed E-state index contributed by atoms with van der Waals surface area (Å²) in [6.07, 6.45) is 0. The van der Waals surface area contributed by atoms with E-state index in [1.54, 1.807) is 6.92 Å². The fraction of sp³-hybridized carbons (Fsp3) is 0.500. The number of rotatable bonds is 4. The van der Waals surface area contributed by atoms with Gasteiger partial charge in [0, 0.05) is 0 Å². The van der Waals surface area contributed by atoms with Crippen LogP contribution in [0.25, 0.3) is 0 Å². The van der Waals surface area contributed by atoms with Gasteiger partial charge in [0.15, 0.2) is 5.71 Å². The van der Waals surface area contributed by atoms with Crippen LogP contribution in [-0.4, -0.2) is 28.9 Å². The number of carbonyl (C=O) groups is 1. The number of nitrogens with two attached hydrogens (primary N) is 1. The number of nitrogens with zero attached hydrogens (tertiary/aromatic N) is 2. The maximum absolute atomic E-state index is 11.0. The molecule has 1 aliphatic rings. The third kappa shape index (κ3) is 2.44. The van der Waals surface area contributed by atoms with Gasteiger partial charge in [0.1, 0.15) is 6.61 Å². The molecular formula is C6H9ClN4O2S. The van der Waals surface area contributed by atoms with Gasteiger partial charge >= 0.3 is 0 Å². The molecule has 0 saturated heterocycles. The standard InChI is InChI=1S/C6H9ClN4O2S/c1-2-13-10-4(5(7)12)6(8)9-3-14-11-6/h3,11H,2,8H2,1H3. The minimum Gasteiger partial charge on any atom is -0.396 e. The smallest absolute Gasteiger partial charge is 0.275 e. The molecule has 0 fully saturated rings. The summed E-state index contributed by atoms with van der Waals surface area (Å²) < 4.78 is 2.68. The second-order valence-electron chi connectivity index (χ2n) is 2.35. The van der Waals surface area contributed by atoms with Crippen LogP contribution in [0.3, 0.4) is 0 Å². The van der Waals surface area contributed by atoms with Crippen LogP contribution in [0.5, 0.6) is 0 Å². The van der Waals surface area contributed by atoms with E-state index in [1.807, 2.05) is 0 Å². The third-order valence-electron chi connectivity index (χ3n) is 1.36. The summed E-state index contributed by atoms with van der Waals surface area (Å²) >= 11 is 6.44. The van der Waals surface area contributed by atoms with Crippen molar-refractivity contribution in [3.05, 3.63) is 0 Å². The Morgan fingerprint density at radius 1 is 1.93 bits per heavy atom. The molecule has 0 aromatic carbocycles. The molecule has 0 aromatic rings. The van der Waals surface area contributed by atoms with Gasteiger partial charge in [0.05, 0.1) is 5.55 Å². The van der Waals surface area contributed by atoms with Crippen molar-refractivity contribution in [3.63, 3.8) is 0 Å². The number of carbonyl (C=O) groups excluding carboxylic acids is 1. The number of halogens is 1. The molecule has 1 heterocycles. The van der Waals surface area contributed by atoms with Crippen molar-refractivity contribution < 1.29 is 9.63 Å². The zero-order valence-corrected chi connectivity index (χ0v) is 8.93. The van der Waals surface area contributed by atoms with Crippen molar-refractivity contribution in [2.75, 3.05) is 6.61 Å². The number of aliphatic imine (C=N–C) groups is 1. The minimum absolute atomic E-state index is 0.165. The predicted octanol–water partition coefficient (Wildman–Crippen LogP) is 0.0365.